The summed E-state index contributed by atoms with van der Waals surface area (Å²) in [5.74, 6) is 0.197. The van der Waals surface area contributed by atoms with Gasteiger partial charge in [-0.2, -0.15) is 5.26 Å². The number of carbonyl (C=O) groups is 1. The number of benzene rings is 2. The Hall–Kier alpha value is -2.62. The molecule has 0 radical (unpaired) electrons. The minimum Gasteiger partial charge on any atom is -0.325 e. The predicted molar refractivity (Wildman–Crippen MR) is 103 cm³/mol. The van der Waals surface area contributed by atoms with Crippen LogP contribution in [-0.2, 0) is 4.79 Å². The molecule has 0 aliphatic heterocycles. The first-order valence-corrected chi connectivity index (χ1v) is 9.46. The zero-order valence-corrected chi connectivity index (χ0v) is 15.2. The van der Waals surface area contributed by atoms with Crippen molar-refractivity contribution in [1.82, 2.24) is 4.98 Å². The van der Waals surface area contributed by atoms with Crippen LogP contribution in [0.25, 0.3) is 11.3 Å². The van der Waals surface area contributed by atoms with E-state index in [0.29, 0.717) is 17.0 Å². The number of nitrogens with one attached hydrogen (secondary N) is 1. The topological polar surface area (TPSA) is 65.8 Å². The fourth-order valence-electron chi connectivity index (χ4n) is 2.13. The zero-order valence-electron chi connectivity index (χ0n) is 13.5. The van der Waals surface area contributed by atoms with Gasteiger partial charge in [0.25, 0.3) is 0 Å². The van der Waals surface area contributed by atoms with Crippen molar-refractivity contribution in [1.29, 1.82) is 5.26 Å². The first-order valence-electron chi connectivity index (χ1n) is 7.59. The fraction of sp³-hybridized carbons (Fsp3) is 0.105. The molecule has 0 unspecified atom stereocenters. The van der Waals surface area contributed by atoms with Crippen LogP contribution in [-0.4, -0.2) is 16.6 Å². The molecule has 0 saturated heterocycles. The van der Waals surface area contributed by atoms with Crippen molar-refractivity contribution in [2.24, 2.45) is 0 Å². The largest absolute Gasteiger partial charge is 0.325 e. The van der Waals surface area contributed by atoms with Gasteiger partial charge < -0.3 is 5.32 Å². The Morgan fingerprint density at radius 3 is 2.60 bits per heavy atom. The van der Waals surface area contributed by atoms with Crippen LogP contribution >= 0.6 is 23.1 Å². The summed E-state index contributed by atoms with van der Waals surface area (Å²) in [6.07, 6.45) is 0. The molecular weight excluding hydrogens is 350 g/mol. The molecule has 0 bridgehead atoms. The third-order valence-corrected chi connectivity index (χ3v) is 5.48. The minimum absolute atomic E-state index is 0.0956. The molecule has 1 heterocycles. The van der Waals surface area contributed by atoms with Crippen LogP contribution in [0.1, 0.15) is 11.1 Å². The number of hydrogen-bond donors (Lipinski definition) is 1. The second-order valence-electron chi connectivity index (χ2n) is 5.39. The first-order chi connectivity index (χ1) is 12.1. The van der Waals surface area contributed by atoms with Gasteiger partial charge in [0.15, 0.2) is 4.34 Å². The van der Waals surface area contributed by atoms with Crippen molar-refractivity contribution in [3.05, 3.63) is 65.0 Å². The first kappa shape index (κ1) is 17.2. The summed E-state index contributed by atoms with van der Waals surface area (Å²) in [4.78, 5) is 16.6. The highest BCUT2D eigenvalue weighted by Gasteiger charge is 2.08. The Labute approximate surface area is 154 Å². The summed E-state index contributed by atoms with van der Waals surface area (Å²) in [6.45, 7) is 2.05. The van der Waals surface area contributed by atoms with Gasteiger partial charge in [-0.3, -0.25) is 4.79 Å². The van der Waals surface area contributed by atoms with E-state index in [4.69, 9.17) is 5.26 Å². The number of aromatic nitrogens is 1. The maximum absolute atomic E-state index is 12.0. The maximum Gasteiger partial charge on any atom is 0.234 e. The Balaban J connectivity index is 1.55. The van der Waals surface area contributed by atoms with E-state index in [0.717, 1.165) is 15.6 Å². The van der Waals surface area contributed by atoms with Crippen LogP contribution in [0.5, 0.6) is 0 Å². The average molecular weight is 365 g/mol. The van der Waals surface area contributed by atoms with Gasteiger partial charge in [0.2, 0.25) is 5.91 Å². The van der Waals surface area contributed by atoms with E-state index in [1.807, 2.05) is 11.4 Å². The number of rotatable bonds is 5. The Bertz CT molecular complexity index is 909. The molecule has 1 N–H and O–H groups in total. The monoisotopic (exact) mass is 365 g/mol. The zero-order chi connectivity index (χ0) is 17.6. The van der Waals surface area contributed by atoms with Crippen LogP contribution in [0.3, 0.4) is 0 Å². The summed E-state index contributed by atoms with van der Waals surface area (Å²) in [7, 11) is 0. The van der Waals surface area contributed by atoms with Crippen LogP contribution in [0.4, 0.5) is 5.69 Å². The molecule has 0 aliphatic carbocycles. The van der Waals surface area contributed by atoms with Crippen molar-refractivity contribution in [2.45, 2.75) is 11.3 Å². The molecule has 3 rings (SSSR count). The standard InChI is InChI=1S/C19H15N3OS2/c1-13-2-6-15(7-3-13)17-11-24-19(22-17)25-12-18(23)21-16-8-4-14(10-20)5-9-16/h2-9,11H,12H2,1H3,(H,21,23). The molecule has 0 aliphatic rings. The van der Waals surface area contributed by atoms with E-state index in [2.05, 4.69) is 41.5 Å². The van der Waals surface area contributed by atoms with E-state index >= 15 is 0 Å². The van der Waals surface area contributed by atoms with Gasteiger partial charge in [-0.05, 0) is 31.2 Å². The quantitative estimate of drug-likeness (QED) is 0.664. The number of amides is 1. The fourth-order valence-corrected chi connectivity index (χ4v) is 3.77. The summed E-state index contributed by atoms with van der Waals surface area (Å²) >= 11 is 2.95. The molecule has 0 saturated carbocycles. The molecule has 25 heavy (non-hydrogen) atoms. The van der Waals surface area contributed by atoms with E-state index < -0.39 is 0 Å². The van der Waals surface area contributed by atoms with Crippen molar-refractivity contribution in [3.63, 3.8) is 0 Å². The number of nitriles is 1. The average Bonchev–Trinajstić information content (AvgIpc) is 3.10. The molecule has 1 aromatic heterocycles. The van der Waals surface area contributed by atoms with Gasteiger partial charge in [0.1, 0.15) is 0 Å². The van der Waals surface area contributed by atoms with E-state index in [-0.39, 0.29) is 5.91 Å². The van der Waals surface area contributed by atoms with Crippen LogP contribution in [0.15, 0.2) is 58.3 Å². The molecule has 0 spiro atoms. The Kier molecular flexibility index (Phi) is 5.49. The molecule has 0 atom stereocenters. The highest BCUT2D eigenvalue weighted by molar-refractivity contribution is 8.01. The third kappa shape index (κ3) is 4.69. The normalized spacial score (nSPS) is 10.2. The summed E-state index contributed by atoms with van der Waals surface area (Å²) in [5.41, 5.74) is 4.48. The molecule has 4 nitrogen and oxygen atoms in total. The predicted octanol–water partition coefficient (Wildman–Crippen LogP) is 4.72. The van der Waals surface area contributed by atoms with Crippen LogP contribution in [0.2, 0.25) is 0 Å². The highest BCUT2D eigenvalue weighted by Crippen LogP contribution is 2.28. The number of carbonyl (C=O) groups excluding carboxylic acids is 1. The van der Waals surface area contributed by atoms with Gasteiger partial charge in [0.05, 0.1) is 23.1 Å². The lowest BCUT2D eigenvalue weighted by molar-refractivity contribution is -0.113. The third-order valence-electron chi connectivity index (χ3n) is 3.45. The molecule has 3 aromatic rings. The van der Waals surface area contributed by atoms with Crippen molar-refractivity contribution >= 4 is 34.7 Å². The number of thioether (sulfide) groups is 1. The van der Waals surface area contributed by atoms with Crippen molar-refractivity contribution in [2.75, 3.05) is 11.1 Å². The lowest BCUT2D eigenvalue weighted by atomic mass is 10.1. The smallest absolute Gasteiger partial charge is 0.234 e. The molecule has 0 fully saturated rings. The molecule has 1 amide bonds. The highest BCUT2D eigenvalue weighted by atomic mass is 32.2. The maximum atomic E-state index is 12.0. The SMILES string of the molecule is Cc1ccc(-c2csc(SCC(=O)Nc3ccc(C#N)cc3)n2)cc1. The number of anilines is 1. The van der Waals surface area contributed by atoms with E-state index in [1.165, 1.54) is 28.7 Å². The molecule has 2 aromatic carbocycles. The molecule has 6 heteroatoms. The summed E-state index contributed by atoms with van der Waals surface area (Å²) in [6, 6.07) is 17.1. The Morgan fingerprint density at radius 2 is 1.92 bits per heavy atom. The lowest BCUT2D eigenvalue weighted by Crippen LogP contribution is -2.13. The van der Waals surface area contributed by atoms with Crippen LogP contribution < -0.4 is 5.32 Å². The number of hydrogen-bond acceptors (Lipinski definition) is 5. The van der Waals surface area contributed by atoms with Crippen LogP contribution in [0, 0.1) is 18.3 Å². The minimum atomic E-state index is -0.0956. The number of aryl methyl sites for hydroxylation is 1. The number of thiazole rings is 1. The lowest BCUT2D eigenvalue weighted by Gasteiger charge is -2.04. The molecule has 124 valence electrons. The van der Waals surface area contributed by atoms with E-state index in [1.54, 1.807) is 24.3 Å². The summed E-state index contributed by atoms with van der Waals surface area (Å²) in [5, 5.41) is 13.6. The van der Waals surface area contributed by atoms with Gasteiger partial charge in [-0.15, -0.1) is 11.3 Å². The Morgan fingerprint density at radius 1 is 1.20 bits per heavy atom. The van der Waals surface area contributed by atoms with E-state index in [9.17, 15) is 4.79 Å². The second kappa shape index (κ2) is 7.97. The van der Waals surface area contributed by atoms with Gasteiger partial charge >= 0.3 is 0 Å². The van der Waals surface area contributed by atoms with Gasteiger partial charge in [-0.1, -0.05) is 41.6 Å². The van der Waals surface area contributed by atoms with Gasteiger partial charge in [0, 0.05) is 16.6 Å². The molecular formula is C19H15N3OS2. The van der Waals surface area contributed by atoms with Gasteiger partial charge in [-0.25, -0.2) is 4.98 Å². The van der Waals surface area contributed by atoms with Crippen molar-refractivity contribution < 1.29 is 4.79 Å². The second-order valence-corrected chi connectivity index (χ2v) is 7.47. The van der Waals surface area contributed by atoms with Crippen molar-refractivity contribution in [3.8, 4) is 17.3 Å². The summed E-state index contributed by atoms with van der Waals surface area (Å²) < 4.78 is 0.866. The number of nitrogens with zero attached hydrogens (tertiary/aromatic N) is 2.